The van der Waals surface area contributed by atoms with Gasteiger partial charge < -0.3 is 14.0 Å². The quantitative estimate of drug-likeness (QED) is 0.256. The highest BCUT2D eigenvalue weighted by Crippen LogP contribution is 2.29. The molecule has 0 saturated carbocycles. The number of thioether (sulfide) groups is 1. The average Bonchev–Trinajstić information content (AvgIpc) is 3.02. The fraction of sp³-hybridized carbons (Fsp3) is 0.300. The van der Waals surface area contributed by atoms with Crippen molar-refractivity contribution in [1.29, 1.82) is 0 Å². The molecule has 1 heterocycles. The van der Waals surface area contributed by atoms with Crippen LogP contribution in [0, 0.1) is 3.57 Å². The molecule has 142 valence electrons. The van der Waals surface area contributed by atoms with Gasteiger partial charge in [-0.2, -0.15) is 0 Å². The van der Waals surface area contributed by atoms with Crippen molar-refractivity contribution >= 4 is 51.4 Å². The molecule has 0 spiro atoms. The van der Waals surface area contributed by atoms with E-state index in [-0.39, 0.29) is 5.97 Å². The summed E-state index contributed by atoms with van der Waals surface area (Å²) < 4.78 is 13.7. The lowest BCUT2D eigenvalue weighted by Crippen LogP contribution is -2.06. The lowest BCUT2D eigenvalue weighted by molar-refractivity contribution is 0.0526. The lowest BCUT2D eigenvalue weighted by atomic mass is 10.2. The number of hydrogen-bond donors (Lipinski definition) is 0. The smallest absolute Gasteiger partial charge is 0.338 e. The molecule has 0 bridgehead atoms. The maximum Gasteiger partial charge on any atom is 0.338 e. The van der Waals surface area contributed by atoms with Crippen LogP contribution in [-0.4, -0.2) is 35.8 Å². The van der Waals surface area contributed by atoms with Crippen LogP contribution in [-0.2, 0) is 21.8 Å². The second-order valence-electron chi connectivity index (χ2n) is 5.84. The van der Waals surface area contributed by atoms with Crippen LogP contribution in [0.4, 0.5) is 0 Å². The molecule has 0 unspecified atom stereocenters. The van der Waals surface area contributed by atoms with Gasteiger partial charge in [-0.25, -0.2) is 9.78 Å². The van der Waals surface area contributed by atoms with Crippen molar-refractivity contribution in [3.63, 3.8) is 0 Å². The van der Waals surface area contributed by atoms with Crippen molar-refractivity contribution in [1.82, 2.24) is 9.55 Å². The number of benzene rings is 2. The zero-order valence-corrected chi connectivity index (χ0v) is 18.2. The minimum Gasteiger partial charge on any atom is -0.462 e. The van der Waals surface area contributed by atoms with Gasteiger partial charge in [0.15, 0.2) is 5.16 Å². The number of rotatable bonds is 8. The summed E-state index contributed by atoms with van der Waals surface area (Å²) in [7, 11) is 1.69. The van der Waals surface area contributed by atoms with Crippen molar-refractivity contribution < 1.29 is 14.3 Å². The maximum absolute atomic E-state index is 12.0. The Bertz CT molecular complexity index is 942. The number of fused-ring (bicyclic) bond motifs is 1. The highest BCUT2D eigenvalue weighted by molar-refractivity contribution is 14.1. The number of halogens is 1. The van der Waals surface area contributed by atoms with E-state index in [2.05, 4.69) is 45.4 Å². The highest BCUT2D eigenvalue weighted by atomic mass is 127. The summed E-state index contributed by atoms with van der Waals surface area (Å²) in [5.41, 5.74) is 3.59. The third-order valence-corrected chi connectivity index (χ3v) is 6.14. The van der Waals surface area contributed by atoms with Gasteiger partial charge in [-0.05, 0) is 59.3 Å². The Morgan fingerprint density at radius 2 is 2.07 bits per heavy atom. The molecule has 0 amide bonds. The molecule has 0 N–H and O–H groups in total. The largest absolute Gasteiger partial charge is 0.462 e. The number of aromatic nitrogens is 2. The molecule has 0 aliphatic rings. The Labute approximate surface area is 176 Å². The SMILES string of the molecule is CCOC(=O)c1ccc2c(c1)nc(SCc1ccccc1I)n2CCOC. The van der Waals surface area contributed by atoms with Gasteiger partial charge >= 0.3 is 5.97 Å². The predicted octanol–water partition coefficient (Wildman–Crippen LogP) is 4.76. The fourth-order valence-electron chi connectivity index (χ4n) is 2.72. The summed E-state index contributed by atoms with van der Waals surface area (Å²) in [5, 5.41) is 0.919. The number of nitrogens with zero attached hydrogens (tertiary/aromatic N) is 2. The second kappa shape index (κ2) is 9.57. The fourth-order valence-corrected chi connectivity index (χ4v) is 4.60. The van der Waals surface area contributed by atoms with Crippen LogP contribution in [0.2, 0.25) is 0 Å². The molecule has 7 heteroatoms. The molecule has 2 aromatic carbocycles. The molecule has 3 rings (SSSR count). The predicted molar refractivity (Wildman–Crippen MR) is 116 cm³/mol. The summed E-state index contributed by atoms with van der Waals surface area (Å²) in [6.45, 7) is 3.47. The molecule has 0 fully saturated rings. The van der Waals surface area contributed by atoms with Crippen molar-refractivity contribution in [3.05, 3.63) is 57.2 Å². The van der Waals surface area contributed by atoms with Crippen LogP contribution in [0.1, 0.15) is 22.8 Å². The van der Waals surface area contributed by atoms with Gasteiger partial charge in [-0.1, -0.05) is 30.0 Å². The van der Waals surface area contributed by atoms with Crippen LogP contribution in [0.3, 0.4) is 0 Å². The molecular formula is C20H21IN2O3S. The zero-order valence-electron chi connectivity index (χ0n) is 15.3. The summed E-state index contributed by atoms with van der Waals surface area (Å²) >= 11 is 4.05. The first kappa shape index (κ1) is 20.2. The second-order valence-corrected chi connectivity index (χ2v) is 7.95. The maximum atomic E-state index is 12.0. The van der Waals surface area contributed by atoms with Crippen LogP contribution < -0.4 is 0 Å². The third kappa shape index (κ3) is 4.83. The standard InChI is InChI=1S/C20H21IN2O3S/c1-3-26-19(24)14-8-9-18-17(12-14)22-20(23(18)10-11-25-2)27-13-15-6-4-5-7-16(15)21/h4-9,12H,3,10-11,13H2,1-2H3. The normalized spacial score (nSPS) is 11.1. The van der Waals surface area contributed by atoms with E-state index in [9.17, 15) is 4.79 Å². The molecule has 3 aromatic rings. The van der Waals surface area contributed by atoms with E-state index in [0.717, 1.165) is 21.9 Å². The van der Waals surface area contributed by atoms with Gasteiger partial charge in [0.05, 0.1) is 29.8 Å². The van der Waals surface area contributed by atoms with Gasteiger partial charge in [-0.15, -0.1) is 0 Å². The number of ether oxygens (including phenoxy) is 2. The Kier molecular flexibility index (Phi) is 7.14. The van der Waals surface area contributed by atoms with Gasteiger partial charge in [0.2, 0.25) is 0 Å². The summed E-state index contributed by atoms with van der Waals surface area (Å²) in [4.78, 5) is 16.8. The van der Waals surface area contributed by atoms with Crippen LogP contribution >= 0.6 is 34.4 Å². The van der Waals surface area contributed by atoms with E-state index in [0.29, 0.717) is 25.3 Å². The van der Waals surface area contributed by atoms with E-state index >= 15 is 0 Å². The molecule has 0 atom stereocenters. The number of esters is 1. The molecular weight excluding hydrogens is 475 g/mol. The number of imidazole rings is 1. The topological polar surface area (TPSA) is 53.3 Å². The third-order valence-electron chi connectivity index (χ3n) is 4.06. The molecule has 0 aliphatic carbocycles. The number of carbonyl (C=O) groups excluding carboxylic acids is 1. The van der Waals surface area contributed by atoms with E-state index in [1.165, 1.54) is 9.13 Å². The molecule has 27 heavy (non-hydrogen) atoms. The van der Waals surface area contributed by atoms with E-state index in [1.54, 1.807) is 37.9 Å². The van der Waals surface area contributed by atoms with Crippen molar-refractivity contribution in [2.75, 3.05) is 20.3 Å². The van der Waals surface area contributed by atoms with Crippen LogP contribution in [0.15, 0.2) is 47.6 Å². The van der Waals surface area contributed by atoms with Crippen LogP contribution in [0.25, 0.3) is 11.0 Å². The summed E-state index contributed by atoms with van der Waals surface area (Å²) in [5.74, 6) is 0.513. The monoisotopic (exact) mass is 496 g/mol. The summed E-state index contributed by atoms with van der Waals surface area (Å²) in [6, 6.07) is 13.9. The van der Waals surface area contributed by atoms with Gasteiger partial charge in [0.25, 0.3) is 0 Å². The Hall–Kier alpha value is -1.58. The first-order valence-electron chi connectivity index (χ1n) is 8.66. The van der Waals surface area contributed by atoms with Gasteiger partial charge in [0, 0.05) is 23.0 Å². The average molecular weight is 496 g/mol. The zero-order chi connectivity index (χ0) is 19.2. The number of carbonyl (C=O) groups is 1. The van der Waals surface area contributed by atoms with Crippen molar-refractivity contribution in [3.8, 4) is 0 Å². The Morgan fingerprint density at radius 3 is 2.81 bits per heavy atom. The molecule has 0 radical (unpaired) electrons. The molecule has 5 nitrogen and oxygen atoms in total. The summed E-state index contributed by atoms with van der Waals surface area (Å²) in [6.07, 6.45) is 0. The lowest BCUT2D eigenvalue weighted by Gasteiger charge is -2.09. The highest BCUT2D eigenvalue weighted by Gasteiger charge is 2.15. The first-order valence-corrected chi connectivity index (χ1v) is 10.7. The Balaban J connectivity index is 1.92. The minimum absolute atomic E-state index is 0.320. The van der Waals surface area contributed by atoms with Gasteiger partial charge in [-0.3, -0.25) is 0 Å². The van der Waals surface area contributed by atoms with E-state index < -0.39 is 0 Å². The number of methoxy groups -OCH3 is 1. The number of hydrogen-bond acceptors (Lipinski definition) is 5. The van der Waals surface area contributed by atoms with Crippen molar-refractivity contribution in [2.45, 2.75) is 24.4 Å². The first-order chi connectivity index (χ1) is 13.1. The molecule has 0 saturated heterocycles. The molecule has 0 aliphatic heterocycles. The Morgan fingerprint density at radius 1 is 1.26 bits per heavy atom. The van der Waals surface area contributed by atoms with E-state index in [4.69, 9.17) is 14.5 Å². The van der Waals surface area contributed by atoms with Crippen LogP contribution in [0.5, 0.6) is 0 Å². The van der Waals surface area contributed by atoms with Gasteiger partial charge in [0.1, 0.15) is 0 Å². The van der Waals surface area contributed by atoms with E-state index in [1.807, 2.05) is 12.1 Å². The van der Waals surface area contributed by atoms with Crippen molar-refractivity contribution in [2.24, 2.45) is 0 Å². The molecule has 1 aromatic heterocycles. The minimum atomic E-state index is -0.320.